The van der Waals surface area contributed by atoms with E-state index in [1.54, 1.807) is 4.80 Å². The van der Waals surface area contributed by atoms with Crippen LogP contribution in [0.25, 0.3) is 11.3 Å². The van der Waals surface area contributed by atoms with Crippen molar-refractivity contribution in [2.75, 3.05) is 7.11 Å². The van der Waals surface area contributed by atoms with E-state index >= 15 is 0 Å². The standard InChI is InChI=1S/C15H18FN3O2/c1-15(2,3)9-19-17-8-13(18-19)11-6-5-10(7-12(11)16)14(20)21-4/h5-8H,9H2,1-4H3. The maximum absolute atomic E-state index is 14.1. The molecular formula is C15H18FN3O2. The second-order valence-electron chi connectivity index (χ2n) is 6.01. The summed E-state index contributed by atoms with van der Waals surface area (Å²) in [5.74, 6) is -1.10. The molecule has 0 spiro atoms. The molecule has 0 amide bonds. The summed E-state index contributed by atoms with van der Waals surface area (Å²) in [5, 5.41) is 8.41. The van der Waals surface area contributed by atoms with Gasteiger partial charge in [-0.05, 0) is 23.6 Å². The number of methoxy groups -OCH3 is 1. The first-order chi connectivity index (χ1) is 9.80. The molecule has 6 heteroatoms. The van der Waals surface area contributed by atoms with Gasteiger partial charge in [0.05, 0.1) is 25.4 Å². The fraction of sp³-hybridized carbons (Fsp3) is 0.400. The molecule has 0 fully saturated rings. The third-order valence-electron chi connectivity index (χ3n) is 2.82. The first-order valence-electron chi connectivity index (χ1n) is 6.58. The Morgan fingerprint density at radius 1 is 1.38 bits per heavy atom. The maximum atomic E-state index is 14.1. The second-order valence-corrected chi connectivity index (χ2v) is 6.01. The van der Waals surface area contributed by atoms with E-state index in [9.17, 15) is 9.18 Å². The molecule has 0 bridgehead atoms. The third kappa shape index (κ3) is 3.65. The van der Waals surface area contributed by atoms with Crippen molar-refractivity contribution < 1.29 is 13.9 Å². The highest BCUT2D eigenvalue weighted by Gasteiger charge is 2.16. The van der Waals surface area contributed by atoms with Crippen LogP contribution in [0.5, 0.6) is 0 Å². The maximum Gasteiger partial charge on any atom is 0.337 e. The van der Waals surface area contributed by atoms with Crippen molar-refractivity contribution in [3.05, 3.63) is 35.8 Å². The van der Waals surface area contributed by atoms with E-state index in [1.807, 2.05) is 0 Å². The number of rotatable bonds is 3. The summed E-state index contributed by atoms with van der Waals surface area (Å²) in [6.45, 7) is 6.85. The summed E-state index contributed by atoms with van der Waals surface area (Å²) in [4.78, 5) is 12.9. The molecule has 2 aromatic rings. The predicted octanol–water partition coefficient (Wildman–Crippen LogP) is 2.92. The number of nitrogens with zero attached hydrogens (tertiary/aromatic N) is 3. The van der Waals surface area contributed by atoms with E-state index in [1.165, 1.54) is 25.4 Å². The highest BCUT2D eigenvalue weighted by molar-refractivity contribution is 5.89. The zero-order valence-electron chi connectivity index (χ0n) is 12.6. The predicted molar refractivity (Wildman–Crippen MR) is 76.2 cm³/mol. The lowest BCUT2D eigenvalue weighted by atomic mass is 9.97. The third-order valence-corrected chi connectivity index (χ3v) is 2.82. The molecule has 0 unspecified atom stereocenters. The normalized spacial score (nSPS) is 11.5. The Morgan fingerprint density at radius 3 is 2.67 bits per heavy atom. The first-order valence-corrected chi connectivity index (χ1v) is 6.58. The molecule has 2 rings (SSSR count). The van der Waals surface area contributed by atoms with Gasteiger partial charge < -0.3 is 4.74 Å². The zero-order valence-corrected chi connectivity index (χ0v) is 12.6. The van der Waals surface area contributed by atoms with Crippen LogP contribution >= 0.6 is 0 Å². The number of hydrogen-bond acceptors (Lipinski definition) is 4. The minimum Gasteiger partial charge on any atom is -0.465 e. The number of ether oxygens (including phenoxy) is 1. The number of carbonyl (C=O) groups is 1. The van der Waals surface area contributed by atoms with Crippen LogP contribution in [-0.2, 0) is 11.3 Å². The Kier molecular flexibility index (Phi) is 4.06. The average molecular weight is 291 g/mol. The lowest BCUT2D eigenvalue weighted by molar-refractivity contribution is 0.0600. The van der Waals surface area contributed by atoms with Crippen molar-refractivity contribution >= 4 is 5.97 Å². The van der Waals surface area contributed by atoms with Crippen LogP contribution in [0.4, 0.5) is 4.39 Å². The summed E-state index contributed by atoms with van der Waals surface area (Å²) in [7, 11) is 1.26. The molecule has 21 heavy (non-hydrogen) atoms. The number of esters is 1. The van der Waals surface area contributed by atoms with Gasteiger partial charge in [0.1, 0.15) is 11.5 Å². The Hall–Kier alpha value is -2.24. The van der Waals surface area contributed by atoms with Gasteiger partial charge >= 0.3 is 5.97 Å². The summed E-state index contributed by atoms with van der Waals surface area (Å²) >= 11 is 0. The lowest BCUT2D eigenvalue weighted by Crippen LogP contribution is -2.17. The molecule has 0 N–H and O–H groups in total. The van der Waals surface area contributed by atoms with Crippen LogP contribution in [0.15, 0.2) is 24.4 Å². The number of hydrogen-bond donors (Lipinski definition) is 0. The van der Waals surface area contributed by atoms with Crippen molar-refractivity contribution in [2.24, 2.45) is 5.41 Å². The Morgan fingerprint density at radius 2 is 2.10 bits per heavy atom. The van der Waals surface area contributed by atoms with Gasteiger partial charge in [-0.15, -0.1) is 0 Å². The molecule has 0 radical (unpaired) electrons. The van der Waals surface area contributed by atoms with E-state index in [2.05, 4.69) is 35.7 Å². The van der Waals surface area contributed by atoms with E-state index in [4.69, 9.17) is 0 Å². The average Bonchev–Trinajstić information content (AvgIpc) is 2.83. The van der Waals surface area contributed by atoms with Gasteiger partial charge in [0.25, 0.3) is 0 Å². The van der Waals surface area contributed by atoms with Gasteiger partial charge in [-0.25, -0.2) is 9.18 Å². The largest absolute Gasteiger partial charge is 0.465 e. The van der Waals surface area contributed by atoms with Crippen LogP contribution < -0.4 is 0 Å². The smallest absolute Gasteiger partial charge is 0.337 e. The molecule has 112 valence electrons. The minimum absolute atomic E-state index is 0.0313. The highest BCUT2D eigenvalue weighted by Crippen LogP contribution is 2.22. The van der Waals surface area contributed by atoms with Gasteiger partial charge in [-0.1, -0.05) is 20.8 Å². The minimum atomic E-state index is -0.572. The van der Waals surface area contributed by atoms with E-state index in [0.717, 1.165) is 6.07 Å². The molecule has 0 aliphatic rings. The van der Waals surface area contributed by atoms with Gasteiger partial charge in [-0.3, -0.25) is 0 Å². The van der Waals surface area contributed by atoms with Gasteiger partial charge in [0.15, 0.2) is 0 Å². The van der Waals surface area contributed by atoms with Crippen LogP contribution in [0.3, 0.4) is 0 Å². The fourth-order valence-corrected chi connectivity index (χ4v) is 1.89. The Balaban J connectivity index is 2.28. The van der Waals surface area contributed by atoms with Crippen molar-refractivity contribution in [1.82, 2.24) is 15.0 Å². The molecular weight excluding hydrogens is 273 g/mol. The molecule has 1 aromatic heterocycles. The van der Waals surface area contributed by atoms with E-state index in [0.29, 0.717) is 17.8 Å². The quantitative estimate of drug-likeness (QED) is 0.816. The Bertz CT molecular complexity index is 659. The fourth-order valence-electron chi connectivity index (χ4n) is 1.89. The lowest BCUT2D eigenvalue weighted by Gasteiger charge is -2.16. The zero-order chi connectivity index (χ0) is 15.6. The van der Waals surface area contributed by atoms with E-state index < -0.39 is 11.8 Å². The van der Waals surface area contributed by atoms with Crippen molar-refractivity contribution in [3.63, 3.8) is 0 Å². The number of carbonyl (C=O) groups excluding carboxylic acids is 1. The van der Waals surface area contributed by atoms with Gasteiger partial charge in [0.2, 0.25) is 0 Å². The molecule has 5 nitrogen and oxygen atoms in total. The van der Waals surface area contributed by atoms with Crippen LogP contribution in [0.1, 0.15) is 31.1 Å². The number of benzene rings is 1. The van der Waals surface area contributed by atoms with Gasteiger partial charge in [0, 0.05) is 5.56 Å². The summed E-state index contributed by atoms with van der Waals surface area (Å²) in [6, 6.07) is 4.16. The molecule has 0 atom stereocenters. The van der Waals surface area contributed by atoms with Gasteiger partial charge in [-0.2, -0.15) is 15.0 Å². The monoisotopic (exact) mass is 291 g/mol. The van der Waals surface area contributed by atoms with Crippen molar-refractivity contribution in [2.45, 2.75) is 27.3 Å². The summed E-state index contributed by atoms with van der Waals surface area (Å²) in [5.41, 5.74) is 0.945. The first kappa shape index (κ1) is 15.2. The Labute approximate surface area is 122 Å². The molecule has 0 aliphatic heterocycles. The van der Waals surface area contributed by atoms with Crippen LogP contribution in [0, 0.1) is 11.2 Å². The van der Waals surface area contributed by atoms with Crippen LogP contribution in [-0.4, -0.2) is 28.1 Å². The highest BCUT2D eigenvalue weighted by atomic mass is 19.1. The van der Waals surface area contributed by atoms with Crippen molar-refractivity contribution in [3.8, 4) is 11.3 Å². The number of halogens is 1. The molecule has 1 heterocycles. The number of aromatic nitrogens is 3. The van der Waals surface area contributed by atoms with Crippen molar-refractivity contribution in [1.29, 1.82) is 0 Å². The van der Waals surface area contributed by atoms with E-state index in [-0.39, 0.29) is 11.0 Å². The summed E-state index contributed by atoms with van der Waals surface area (Å²) < 4.78 is 18.7. The van der Waals surface area contributed by atoms with Crippen LogP contribution in [0.2, 0.25) is 0 Å². The topological polar surface area (TPSA) is 57.0 Å². The molecule has 0 saturated heterocycles. The molecule has 1 aromatic carbocycles. The second kappa shape index (κ2) is 5.63. The molecule has 0 aliphatic carbocycles. The SMILES string of the molecule is COC(=O)c1ccc(-c2cnn(CC(C)(C)C)n2)c(F)c1. The molecule has 0 saturated carbocycles. The summed E-state index contributed by atoms with van der Waals surface area (Å²) in [6.07, 6.45) is 1.52.